The standard InChI is InChI=1S/C17H26N2O2/c1-3-21-17(20)8-7-14-10-15(18)12-19(11-14)16-6-4-5-13(2)9-16/h4-6,9,14-15H,3,7-8,10-12,18H2,1-2H3. The fourth-order valence-electron chi connectivity index (χ4n) is 3.05. The second-order valence-electron chi connectivity index (χ2n) is 5.95. The molecule has 2 rings (SSSR count). The van der Waals surface area contributed by atoms with E-state index in [4.69, 9.17) is 10.5 Å². The van der Waals surface area contributed by atoms with Gasteiger partial charge in [-0.15, -0.1) is 0 Å². The maximum atomic E-state index is 11.5. The minimum absolute atomic E-state index is 0.0984. The highest BCUT2D eigenvalue weighted by Crippen LogP contribution is 2.26. The van der Waals surface area contributed by atoms with Gasteiger partial charge in [0.2, 0.25) is 0 Å². The molecule has 2 N–H and O–H groups in total. The molecule has 1 saturated heterocycles. The number of carbonyl (C=O) groups is 1. The Bertz CT molecular complexity index is 476. The zero-order valence-corrected chi connectivity index (χ0v) is 13.0. The lowest BCUT2D eigenvalue weighted by atomic mass is 9.90. The van der Waals surface area contributed by atoms with E-state index in [1.54, 1.807) is 0 Å². The molecule has 1 aromatic carbocycles. The summed E-state index contributed by atoms with van der Waals surface area (Å²) in [5, 5.41) is 0. The van der Waals surface area contributed by atoms with Crippen LogP contribution in [0.25, 0.3) is 0 Å². The number of hydrogen-bond donors (Lipinski definition) is 1. The number of aryl methyl sites for hydroxylation is 1. The highest BCUT2D eigenvalue weighted by molar-refractivity contribution is 5.69. The number of anilines is 1. The van der Waals surface area contributed by atoms with Gasteiger partial charge in [0.25, 0.3) is 0 Å². The van der Waals surface area contributed by atoms with Crippen molar-refractivity contribution in [2.75, 3.05) is 24.6 Å². The van der Waals surface area contributed by atoms with Crippen molar-refractivity contribution in [2.24, 2.45) is 11.7 Å². The molecule has 0 aliphatic carbocycles. The summed E-state index contributed by atoms with van der Waals surface area (Å²) in [5.74, 6) is 0.359. The van der Waals surface area contributed by atoms with Crippen molar-refractivity contribution in [1.29, 1.82) is 0 Å². The average molecular weight is 290 g/mol. The molecule has 21 heavy (non-hydrogen) atoms. The molecule has 0 radical (unpaired) electrons. The summed E-state index contributed by atoms with van der Waals surface area (Å²) in [6.07, 6.45) is 2.34. The fraction of sp³-hybridized carbons (Fsp3) is 0.588. The van der Waals surface area contributed by atoms with Crippen LogP contribution in [0.2, 0.25) is 0 Å². The van der Waals surface area contributed by atoms with Crippen molar-refractivity contribution in [3.63, 3.8) is 0 Å². The van der Waals surface area contributed by atoms with Crippen molar-refractivity contribution in [3.8, 4) is 0 Å². The molecular formula is C17H26N2O2. The van der Waals surface area contributed by atoms with Gasteiger partial charge in [-0.3, -0.25) is 4.79 Å². The molecule has 0 saturated carbocycles. The molecule has 4 nitrogen and oxygen atoms in total. The Balaban J connectivity index is 1.94. The second-order valence-corrected chi connectivity index (χ2v) is 5.95. The van der Waals surface area contributed by atoms with Gasteiger partial charge in [-0.1, -0.05) is 12.1 Å². The third-order valence-corrected chi connectivity index (χ3v) is 4.00. The molecular weight excluding hydrogens is 264 g/mol. The largest absolute Gasteiger partial charge is 0.466 e. The third kappa shape index (κ3) is 4.74. The lowest BCUT2D eigenvalue weighted by molar-refractivity contribution is -0.143. The summed E-state index contributed by atoms with van der Waals surface area (Å²) in [5.41, 5.74) is 8.69. The normalized spacial score (nSPS) is 22.1. The number of benzene rings is 1. The molecule has 4 heteroatoms. The van der Waals surface area contributed by atoms with Crippen LogP contribution in [-0.4, -0.2) is 31.7 Å². The van der Waals surface area contributed by atoms with E-state index in [0.29, 0.717) is 18.9 Å². The van der Waals surface area contributed by atoms with Gasteiger partial charge >= 0.3 is 5.97 Å². The van der Waals surface area contributed by atoms with Gasteiger partial charge in [0, 0.05) is 31.2 Å². The lowest BCUT2D eigenvalue weighted by Gasteiger charge is -2.38. The molecule has 0 aromatic heterocycles. The molecule has 0 amide bonds. The SMILES string of the molecule is CCOC(=O)CCC1CC(N)CN(c2cccc(C)c2)C1. The lowest BCUT2D eigenvalue weighted by Crippen LogP contribution is -2.47. The van der Waals surface area contributed by atoms with Crippen LogP contribution in [0.4, 0.5) is 5.69 Å². The first-order chi connectivity index (χ1) is 10.1. The van der Waals surface area contributed by atoms with E-state index in [0.717, 1.165) is 25.9 Å². The minimum Gasteiger partial charge on any atom is -0.466 e. The van der Waals surface area contributed by atoms with Gasteiger partial charge in [-0.25, -0.2) is 0 Å². The van der Waals surface area contributed by atoms with Gasteiger partial charge in [-0.05, 0) is 50.3 Å². The maximum Gasteiger partial charge on any atom is 0.305 e. The van der Waals surface area contributed by atoms with Crippen LogP contribution in [-0.2, 0) is 9.53 Å². The fourth-order valence-corrected chi connectivity index (χ4v) is 3.05. The van der Waals surface area contributed by atoms with E-state index in [9.17, 15) is 4.79 Å². The zero-order chi connectivity index (χ0) is 15.2. The highest BCUT2D eigenvalue weighted by atomic mass is 16.5. The predicted octanol–water partition coefficient (Wildman–Crippen LogP) is 2.49. The minimum atomic E-state index is -0.0984. The molecule has 2 unspecified atom stereocenters. The molecule has 116 valence electrons. The summed E-state index contributed by atoms with van der Waals surface area (Å²) in [4.78, 5) is 13.8. The summed E-state index contributed by atoms with van der Waals surface area (Å²) < 4.78 is 5.00. The van der Waals surface area contributed by atoms with Crippen LogP contribution < -0.4 is 10.6 Å². The predicted molar refractivity (Wildman–Crippen MR) is 85.3 cm³/mol. The number of nitrogens with zero attached hydrogens (tertiary/aromatic N) is 1. The van der Waals surface area contributed by atoms with Gasteiger partial charge in [0.1, 0.15) is 0 Å². The van der Waals surface area contributed by atoms with Gasteiger partial charge in [0.05, 0.1) is 6.61 Å². The molecule has 1 heterocycles. The van der Waals surface area contributed by atoms with Crippen LogP contribution in [0.15, 0.2) is 24.3 Å². The number of rotatable bonds is 5. The van der Waals surface area contributed by atoms with Crippen molar-refractivity contribution in [2.45, 2.75) is 39.2 Å². The molecule has 1 aromatic rings. The van der Waals surface area contributed by atoms with Crippen molar-refractivity contribution >= 4 is 11.7 Å². The Hall–Kier alpha value is -1.55. The van der Waals surface area contributed by atoms with E-state index in [1.165, 1.54) is 11.3 Å². The smallest absolute Gasteiger partial charge is 0.305 e. The summed E-state index contributed by atoms with van der Waals surface area (Å²) in [7, 11) is 0. The molecule has 1 aliphatic heterocycles. The summed E-state index contributed by atoms with van der Waals surface area (Å²) in [6, 6.07) is 8.68. The molecule has 0 spiro atoms. The van der Waals surface area contributed by atoms with Crippen LogP contribution in [0, 0.1) is 12.8 Å². The first kappa shape index (κ1) is 15.8. The third-order valence-electron chi connectivity index (χ3n) is 4.00. The average Bonchev–Trinajstić information content (AvgIpc) is 2.45. The Kier molecular flexibility index (Phi) is 5.62. The van der Waals surface area contributed by atoms with Crippen LogP contribution in [0.5, 0.6) is 0 Å². The van der Waals surface area contributed by atoms with Crippen LogP contribution in [0.3, 0.4) is 0 Å². The number of nitrogens with two attached hydrogens (primary N) is 1. The van der Waals surface area contributed by atoms with Crippen molar-refractivity contribution in [3.05, 3.63) is 29.8 Å². The van der Waals surface area contributed by atoms with Gasteiger partial charge < -0.3 is 15.4 Å². The monoisotopic (exact) mass is 290 g/mol. The number of hydrogen-bond acceptors (Lipinski definition) is 4. The van der Waals surface area contributed by atoms with E-state index >= 15 is 0 Å². The Morgan fingerprint density at radius 1 is 1.43 bits per heavy atom. The first-order valence-electron chi connectivity index (χ1n) is 7.81. The molecule has 0 bridgehead atoms. The van der Waals surface area contributed by atoms with Gasteiger partial charge in [0.15, 0.2) is 0 Å². The number of ether oxygens (including phenoxy) is 1. The summed E-state index contributed by atoms with van der Waals surface area (Å²) in [6.45, 7) is 6.26. The van der Waals surface area contributed by atoms with Crippen LogP contribution >= 0.6 is 0 Å². The zero-order valence-electron chi connectivity index (χ0n) is 13.0. The number of esters is 1. The molecule has 1 fully saturated rings. The van der Waals surface area contributed by atoms with E-state index in [1.807, 2.05) is 6.92 Å². The van der Waals surface area contributed by atoms with E-state index in [2.05, 4.69) is 36.1 Å². The van der Waals surface area contributed by atoms with Crippen molar-refractivity contribution in [1.82, 2.24) is 0 Å². The highest BCUT2D eigenvalue weighted by Gasteiger charge is 2.25. The van der Waals surface area contributed by atoms with E-state index < -0.39 is 0 Å². The van der Waals surface area contributed by atoms with Crippen LogP contribution in [0.1, 0.15) is 31.7 Å². The van der Waals surface area contributed by atoms with Gasteiger partial charge in [-0.2, -0.15) is 0 Å². The topological polar surface area (TPSA) is 55.6 Å². The Morgan fingerprint density at radius 2 is 2.24 bits per heavy atom. The quantitative estimate of drug-likeness (QED) is 0.847. The van der Waals surface area contributed by atoms with E-state index in [-0.39, 0.29) is 12.0 Å². The summed E-state index contributed by atoms with van der Waals surface area (Å²) >= 11 is 0. The second kappa shape index (κ2) is 7.46. The number of piperidine rings is 1. The molecule has 2 atom stereocenters. The first-order valence-corrected chi connectivity index (χ1v) is 7.81. The van der Waals surface area contributed by atoms with Crippen molar-refractivity contribution < 1.29 is 9.53 Å². The number of carbonyl (C=O) groups excluding carboxylic acids is 1. The maximum absolute atomic E-state index is 11.5. The molecule has 1 aliphatic rings. The Morgan fingerprint density at radius 3 is 2.95 bits per heavy atom. The Labute approximate surface area is 127 Å².